The number of benzene rings is 1. The van der Waals surface area contributed by atoms with Crippen molar-refractivity contribution < 1.29 is 9.47 Å². The Balaban J connectivity index is 1.44. The second-order valence-corrected chi connectivity index (χ2v) is 6.84. The molecule has 24 heavy (non-hydrogen) atoms. The van der Waals surface area contributed by atoms with Crippen molar-refractivity contribution in [3.05, 3.63) is 47.3 Å². The molecule has 0 unspecified atom stereocenters. The normalized spacial score (nSPS) is 23.6. The number of ether oxygens (including phenoxy) is 2. The van der Waals surface area contributed by atoms with Crippen LogP contribution in [0.3, 0.4) is 0 Å². The molecule has 2 heterocycles. The van der Waals surface area contributed by atoms with Crippen molar-refractivity contribution in [1.29, 1.82) is 0 Å². The lowest BCUT2D eigenvalue weighted by Crippen LogP contribution is -2.31. The summed E-state index contributed by atoms with van der Waals surface area (Å²) < 4.78 is 13.9. The summed E-state index contributed by atoms with van der Waals surface area (Å²) in [5, 5.41) is 8.13. The van der Waals surface area contributed by atoms with E-state index < -0.39 is 0 Å². The minimum absolute atomic E-state index is 0.0789. The van der Waals surface area contributed by atoms with Gasteiger partial charge < -0.3 is 14.8 Å². The van der Waals surface area contributed by atoms with Crippen molar-refractivity contribution in [2.45, 2.75) is 51.0 Å². The molecule has 0 amide bonds. The number of para-hydroxylation sites is 1. The first-order valence-electron chi connectivity index (χ1n) is 8.80. The Kier molecular flexibility index (Phi) is 4.29. The summed E-state index contributed by atoms with van der Waals surface area (Å²) in [5.74, 6) is 1.01. The van der Waals surface area contributed by atoms with Gasteiger partial charge in [0.1, 0.15) is 11.9 Å². The molecule has 4 rings (SSSR count). The summed E-state index contributed by atoms with van der Waals surface area (Å²) in [4.78, 5) is 0. The predicted molar refractivity (Wildman–Crippen MR) is 92.0 cm³/mol. The van der Waals surface area contributed by atoms with E-state index in [1.54, 1.807) is 0 Å². The largest absolute Gasteiger partial charge is 0.490 e. The zero-order valence-corrected chi connectivity index (χ0v) is 14.4. The molecule has 5 heteroatoms. The van der Waals surface area contributed by atoms with Gasteiger partial charge in [-0.15, -0.1) is 0 Å². The van der Waals surface area contributed by atoms with Gasteiger partial charge in [0.15, 0.2) is 0 Å². The quantitative estimate of drug-likeness (QED) is 0.886. The summed E-state index contributed by atoms with van der Waals surface area (Å²) in [5.41, 5.74) is 3.46. The van der Waals surface area contributed by atoms with Gasteiger partial charge in [0.25, 0.3) is 0 Å². The van der Waals surface area contributed by atoms with Gasteiger partial charge in [-0.1, -0.05) is 18.2 Å². The number of aromatic nitrogens is 2. The van der Waals surface area contributed by atoms with Gasteiger partial charge in [-0.3, -0.25) is 4.68 Å². The lowest BCUT2D eigenvalue weighted by atomic mass is 10.0. The molecule has 1 aromatic carbocycles. The van der Waals surface area contributed by atoms with Crippen LogP contribution in [0.2, 0.25) is 0 Å². The first kappa shape index (κ1) is 15.7. The van der Waals surface area contributed by atoms with E-state index in [1.165, 1.54) is 24.0 Å². The van der Waals surface area contributed by atoms with Gasteiger partial charge in [0, 0.05) is 43.6 Å². The van der Waals surface area contributed by atoms with Crippen molar-refractivity contribution in [2.24, 2.45) is 7.05 Å². The molecule has 0 spiro atoms. The molecule has 1 saturated carbocycles. The molecule has 1 saturated heterocycles. The molecule has 1 aromatic heterocycles. The van der Waals surface area contributed by atoms with Crippen molar-refractivity contribution in [3.63, 3.8) is 0 Å². The van der Waals surface area contributed by atoms with E-state index in [4.69, 9.17) is 9.47 Å². The summed E-state index contributed by atoms with van der Waals surface area (Å²) >= 11 is 0. The summed E-state index contributed by atoms with van der Waals surface area (Å²) in [6.45, 7) is 3.64. The van der Waals surface area contributed by atoms with Gasteiger partial charge >= 0.3 is 0 Å². The molecule has 2 atom stereocenters. The van der Waals surface area contributed by atoms with E-state index in [-0.39, 0.29) is 6.10 Å². The number of nitrogens with one attached hydrogen (secondary N) is 1. The number of hydrogen-bond donors (Lipinski definition) is 1. The van der Waals surface area contributed by atoms with Gasteiger partial charge in [0.05, 0.1) is 11.8 Å². The third kappa shape index (κ3) is 3.32. The maximum absolute atomic E-state index is 6.02. The van der Waals surface area contributed by atoms with E-state index in [0.29, 0.717) is 12.1 Å². The van der Waals surface area contributed by atoms with Gasteiger partial charge in [-0.25, -0.2) is 0 Å². The highest BCUT2D eigenvalue weighted by molar-refractivity contribution is 5.34. The lowest BCUT2D eigenvalue weighted by Gasteiger charge is -2.20. The maximum atomic E-state index is 6.02. The van der Waals surface area contributed by atoms with E-state index in [1.807, 2.05) is 24.7 Å². The molecule has 2 aliphatic rings. The summed E-state index contributed by atoms with van der Waals surface area (Å²) in [7, 11) is 1.96. The molecule has 2 fully saturated rings. The van der Waals surface area contributed by atoms with Crippen LogP contribution >= 0.6 is 0 Å². The Morgan fingerprint density at radius 3 is 2.88 bits per heavy atom. The van der Waals surface area contributed by atoms with Gasteiger partial charge in [-0.05, 0) is 32.3 Å². The Morgan fingerprint density at radius 2 is 2.12 bits per heavy atom. The fourth-order valence-electron chi connectivity index (χ4n) is 3.37. The average molecular weight is 327 g/mol. The molecule has 5 nitrogen and oxygen atoms in total. The number of nitrogens with zero attached hydrogens (tertiary/aromatic N) is 2. The van der Waals surface area contributed by atoms with Gasteiger partial charge in [0.2, 0.25) is 0 Å². The SMILES string of the molecule is Cc1nn(C)cc1[C@H]1OCC[C@@H]1NCc1ccccc1OC1CC1. The molecule has 0 radical (unpaired) electrons. The Labute approximate surface area is 143 Å². The third-order valence-electron chi connectivity index (χ3n) is 4.79. The number of rotatable bonds is 6. The van der Waals surface area contributed by atoms with Crippen molar-refractivity contribution >= 4 is 0 Å². The highest BCUT2D eigenvalue weighted by Gasteiger charge is 2.32. The highest BCUT2D eigenvalue weighted by Crippen LogP contribution is 2.32. The minimum atomic E-state index is 0.0789. The summed E-state index contributed by atoms with van der Waals surface area (Å²) in [6, 6.07) is 8.64. The highest BCUT2D eigenvalue weighted by atomic mass is 16.5. The van der Waals surface area contributed by atoms with E-state index >= 15 is 0 Å². The van der Waals surface area contributed by atoms with Crippen LogP contribution in [-0.2, 0) is 18.3 Å². The standard InChI is InChI=1S/C19H25N3O2/c1-13-16(12-22(2)21-13)19-17(9-10-23-19)20-11-14-5-3-4-6-18(14)24-15-7-8-15/h3-6,12,15,17,19-20H,7-11H2,1-2H3/t17-,19+/m0/s1. The molecule has 1 N–H and O–H groups in total. The van der Waals surface area contributed by atoms with Crippen LogP contribution in [-0.4, -0.2) is 28.5 Å². The fourth-order valence-corrected chi connectivity index (χ4v) is 3.37. The van der Waals surface area contributed by atoms with Crippen LogP contribution in [0.5, 0.6) is 5.75 Å². The second-order valence-electron chi connectivity index (χ2n) is 6.84. The smallest absolute Gasteiger partial charge is 0.124 e. The lowest BCUT2D eigenvalue weighted by molar-refractivity contribution is 0.0979. The molecule has 1 aliphatic carbocycles. The van der Waals surface area contributed by atoms with E-state index in [2.05, 4.69) is 34.8 Å². The van der Waals surface area contributed by atoms with Gasteiger partial charge in [-0.2, -0.15) is 5.10 Å². The average Bonchev–Trinajstić information content (AvgIpc) is 3.15. The van der Waals surface area contributed by atoms with Crippen LogP contribution in [0.4, 0.5) is 0 Å². The van der Waals surface area contributed by atoms with Crippen LogP contribution < -0.4 is 10.1 Å². The van der Waals surface area contributed by atoms with Crippen LogP contribution in [0, 0.1) is 6.92 Å². The summed E-state index contributed by atoms with van der Waals surface area (Å²) in [6.07, 6.45) is 5.96. The fraction of sp³-hybridized carbons (Fsp3) is 0.526. The molecule has 1 aliphatic heterocycles. The Bertz CT molecular complexity index is 708. The predicted octanol–water partition coefficient (Wildman–Crippen LogP) is 2.89. The van der Waals surface area contributed by atoms with Crippen molar-refractivity contribution in [3.8, 4) is 5.75 Å². The van der Waals surface area contributed by atoms with Crippen molar-refractivity contribution in [1.82, 2.24) is 15.1 Å². The Hall–Kier alpha value is -1.85. The van der Waals surface area contributed by atoms with Crippen LogP contribution in [0.25, 0.3) is 0 Å². The molecule has 128 valence electrons. The molecular weight excluding hydrogens is 302 g/mol. The zero-order chi connectivity index (χ0) is 16.5. The van der Waals surface area contributed by atoms with Crippen molar-refractivity contribution in [2.75, 3.05) is 6.61 Å². The zero-order valence-electron chi connectivity index (χ0n) is 14.4. The van der Waals surface area contributed by atoms with E-state index in [9.17, 15) is 0 Å². The molecular formula is C19H25N3O2. The van der Waals surface area contributed by atoms with Crippen LogP contribution in [0.15, 0.2) is 30.5 Å². The maximum Gasteiger partial charge on any atom is 0.124 e. The topological polar surface area (TPSA) is 48.3 Å². The second kappa shape index (κ2) is 6.57. The minimum Gasteiger partial charge on any atom is -0.490 e. The monoisotopic (exact) mass is 327 g/mol. The van der Waals surface area contributed by atoms with Crippen LogP contribution in [0.1, 0.15) is 42.2 Å². The number of aryl methyl sites for hydroxylation is 2. The first-order chi connectivity index (χ1) is 11.7. The Morgan fingerprint density at radius 1 is 1.29 bits per heavy atom. The number of hydrogen-bond acceptors (Lipinski definition) is 4. The molecule has 0 bridgehead atoms. The first-order valence-corrected chi connectivity index (χ1v) is 8.80. The van der Waals surface area contributed by atoms with E-state index in [0.717, 1.165) is 31.0 Å². The molecule has 2 aromatic rings. The third-order valence-corrected chi connectivity index (χ3v) is 4.79.